The predicted molar refractivity (Wildman–Crippen MR) is 104 cm³/mol. The Kier molecular flexibility index (Phi) is 4.08. The summed E-state index contributed by atoms with van der Waals surface area (Å²) in [5.74, 6) is 2.23. The molecule has 0 radical (unpaired) electrons. The van der Waals surface area contributed by atoms with E-state index in [0.717, 1.165) is 25.7 Å². The van der Waals surface area contributed by atoms with Crippen molar-refractivity contribution in [1.29, 1.82) is 0 Å². The molecule has 150 valence electrons. The van der Waals surface area contributed by atoms with E-state index in [0.29, 0.717) is 29.7 Å². The Hall–Kier alpha value is -1.91. The van der Waals surface area contributed by atoms with Gasteiger partial charge in [-0.15, -0.1) is 0 Å². The van der Waals surface area contributed by atoms with Crippen molar-refractivity contribution in [3.8, 4) is 6.01 Å². The molecule has 3 fully saturated rings. The van der Waals surface area contributed by atoms with Crippen LogP contribution in [0.4, 0.5) is 0 Å². The largest absolute Gasteiger partial charge is 0.460 e. The third kappa shape index (κ3) is 2.54. The van der Waals surface area contributed by atoms with Crippen LogP contribution in [0.1, 0.15) is 52.9 Å². The van der Waals surface area contributed by atoms with Crippen LogP contribution in [0.3, 0.4) is 0 Å². The van der Waals surface area contributed by atoms with Gasteiger partial charge in [0, 0.05) is 29.3 Å². The summed E-state index contributed by atoms with van der Waals surface area (Å²) in [7, 11) is 0. The molecular formula is C23H30N2O3. The second kappa shape index (κ2) is 6.30. The SMILES string of the molecule is C[C@H]1C[C@H]2OC(=O)C=C[C@]2(C)[C@H]2CC[C@]3(C)[C@@H](Oc4ncccn4)CC[C@H]3[C@H]12. The Labute approximate surface area is 166 Å². The number of hydrogen-bond acceptors (Lipinski definition) is 5. The van der Waals surface area contributed by atoms with E-state index in [1.807, 2.05) is 6.07 Å². The smallest absolute Gasteiger partial charge is 0.330 e. The summed E-state index contributed by atoms with van der Waals surface area (Å²) in [5.41, 5.74) is 0.126. The summed E-state index contributed by atoms with van der Waals surface area (Å²) in [6.07, 6.45) is 13.1. The molecule has 3 aliphatic carbocycles. The lowest BCUT2D eigenvalue weighted by Crippen LogP contribution is -2.58. The normalized spacial score (nSPS) is 46.9. The maximum atomic E-state index is 11.8. The van der Waals surface area contributed by atoms with E-state index in [-0.39, 0.29) is 29.0 Å². The van der Waals surface area contributed by atoms with Gasteiger partial charge in [-0.25, -0.2) is 14.8 Å². The Morgan fingerprint density at radius 1 is 1.14 bits per heavy atom. The van der Waals surface area contributed by atoms with Crippen LogP contribution >= 0.6 is 0 Å². The molecule has 0 aromatic carbocycles. The molecule has 0 unspecified atom stereocenters. The minimum absolute atomic E-state index is 0.0248. The summed E-state index contributed by atoms with van der Waals surface area (Å²) >= 11 is 0. The van der Waals surface area contributed by atoms with Crippen molar-refractivity contribution >= 4 is 5.97 Å². The third-order valence-electron chi connectivity index (χ3n) is 8.61. The lowest BCUT2D eigenvalue weighted by molar-refractivity contribution is -0.176. The first-order chi connectivity index (χ1) is 13.4. The van der Waals surface area contributed by atoms with E-state index >= 15 is 0 Å². The lowest BCUT2D eigenvalue weighted by Gasteiger charge is -2.60. The fourth-order valence-corrected chi connectivity index (χ4v) is 7.15. The van der Waals surface area contributed by atoms with Crippen LogP contribution in [0.5, 0.6) is 6.01 Å². The predicted octanol–water partition coefficient (Wildman–Crippen LogP) is 4.19. The Morgan fingerprint density at radius 3 is 2.71 bits per heavy atom. The number of nitrogens with zero attached hydrogens (tertiary/aromatic N) is 2. The fourth-order valence-electron chi connectivity index (χ4n) is 7.15. The number of fused-ring (bicyclic) bond motifs is 5. The molecule has 0 spiro atoms. The van der Waals surface area contributed by atoms with Gasteiger partial charge in [-0.3, -0.25) is 0 Å². The van der Waals surface area contributed by atoms with E-state index in [1.54, 1.807) is 18.5 Å². The number of carbonyl (C=O) groups is 1. The first kappa shape index (κ1) is 18.1. The second-order valence-electron chi connectivity index (χ2n) is 9.89. The molecule has 28 heavy (non-hydrogen) atoms. The Morgan fingerprint density at radius 2 is 1.93 bits per heavy atom. The maximum absolute atomic E-state index is 11.8. The van der Waals surface area contributed by atoms with Gasteiger partial charge in [0.05, 0.1) is 0 Å². The molecule has 0 bridgehead atoms. The number of esters is 1. The average molecular weight is 383 g/mol. The van der Waals surface area contributed by atoms with Crippen LogP contribution in [0.2, 0.25) is 0 Å². The number of ether oxygens (including phenoxy) is 2. The first-order valence-corrected chi connectivity index (χ1v) is 10.8. The molecule has 3 saturated carbocycles. The van der Waals surface area contributed by atoms with Gasteiger partial charge in [-0.1, -0.05) is 26.8 Å². The second-order valence-corrected chi connectivity index (χ2v) is 9.89. The maximum Gasteiger partial charge on any atom is 0.330 e. The Bertz CT molecular complexity index is 796. The van der Waals surface area contributed by atoms with Crippen LogP contribution in [0.15, 0.2) is 30.6 Å². The van der Waals surface area contributed by atoms with Gasteiger partial charge in [0.25, 0.3) is 0 Å². The van der Waals surface area contributed by atoms with Crippen molar-refractivity contribution in [1.82, 2.24) is 9.97 Å². The van der Waals surface area contributed by atoms with Gasteiger partial charge in [0.2, 0.25) is 0 Å². The van der Waals surface area contributed by atoms with E-state index in [2.05, 4.69) is 36.8 Å². The monoisotopic (exact) mass is 382 g/mol. The first-order valence-electron chi connectivity index (χ1n) is 10.8. The molecule has 0 N–H and O–H groups in total. The lowest BCUT2D eigenvalue weighted by atomic mass is 9.47. The number of aromatic nitrogens is 2. The molecule has 0 amide bonds. The van der Waals surface area contributed by atoms with Crippen molar-refractivity contribution in [2.75, 3.05) is 0 Å². The number of rotatable bonds is 2. The zero-order chi connectivity index (χ0) is 19.5. The van der Waals surface area contributed by atoms with Gasteiger partial charge in [-0.05, 0) is 61.8 Å². The van der Waals surface area contributed by atoms with Gasteiger partial charge >= 0.3 is 12.0 Å². The molecule has 4 aliphatic rings. The Balaban J connectivity index is 1.44. The van der Waals surface area contributed by atoms with E-state index in [1.165, 1.54) is 6.42 Å². The highest BCUT2D eigenvalue weighted by atomic mass is 16.5. The number of carbonyl (C=O) groups excluding carboxylic acids is 1. The van der Waals surface area contributed by atoms with Crippen molar-refractivity contribution in [2.45, 2.75) is 65.1 Å². The number of hydrogen-bond donors (Lipinski definition) is 0. The summed E-state index contributed by atoms with van der Waals surface area (Å²) < 4.78 is 12.1. The summed E-state index contributed by atoms with van der Waals surface area (Å²) in [5, 5.41) is 0. The highest BCUT2D eigenvalue weighted by molar-refractivity contribution is 5.83. The zero-order valence-electron chi connectivity index (χ0n) is 17.0. The molecule has 1 aromatic heterocycles. The fraction of sp³-hybridized carbons (Fsp3) is 0.696. The topological polar surface area (TPSA) is 61.3 Å². The van der Waals surface area contributed by atoms with Gasteiger partial charge in [-0.2, -0.15) is 0 Å². The summed E-state index contributed by atoms with van der Waals surface area (Å²) in [6.45, 7) is 7.10. The van der Waals surface area contributed by atoms with Crippen LogP contribution < -0.4 is 4.74 Å². The highest BCUT2D eigenvalue weighted by Crippen LogP contribution is 2.65. The van der Waals surface area contributed by atoms with E-state index in [9.17, 15) is 4.79 Å². The van der Waals surface area contributed by atoms with E-state index < -0.39 is 0 Å². The van der Waals surface area contributed by atoms with Crippen LogP contribution in [0.25, 0.3) is 0 Å². The molecule has 1 aromatic rings. The van der Waals surface area contributed by atoms with Crippen LogP contribution in [0, 0.1) is 34.5 Å². The minimum atomic E-state index is -0.175. The van der Waals surface area contributed by atoms with Crippen molar-refractivity contribution in [3.63, 3.8) is 0 Å². The molecule has 5 nitrogen and oxygen atoms in total. The molecule has 2 heterocycles. The van der Waals surface area contributed by atoms with Crippen molar-refractivity contribution in [2.24, 2.45) is 34.5 Å². The summed E-state index contributed by atoms with van der Waals surface area (Å²) in [4.78, 5) is 20.4. The third-order valence-corrected chi connectivity index (χ3v) is 8.61. The van der Waals surface area contributed by atoms with Gasteiger partial charge in [0.15, 0.2) is 0 Å². The quantitative estimate of drug-likeness (QED) is 0.718. The molecule has 0 saturated heterocycles. The molecular weight excluding hydrogens is 352 g/mol. The summed E-state index contributed by atoms with van der Waals surface area (Å²) in [6, 6.07) is 2.32. The molecule has 5 rings (SSSR count). The molecule has 5 heteroatoms. The zero-order valence-corrected chi connectivity index (χ0v) is 17.0. The molecule has 8 atom stereocenters. The van der Waals surface area contributed by atoms with Crippen molar-refractivity contribution < 1.29 is 14.3 Å². The van der Waals surface area contributed by atoms with E-state index in [4.69, 9.17) is 9.47 Å². The van der Waals surface area contributed by atoms with Gasteiger partial charge < -0.3 is 9.47 Å². The molecule has 1 aliphatic heterocycles. The van der Waals surface area contributed by atoms with Gasteiger partial charge in [0.1, 0.15) is 12.2 Å². The van der Waals surface area contributed by atoms with Crippen LogP contribution in [-0.4, -0.2) is 28.1 Å². The standard InChI is InChI=1S/C23H30N2O3/c1-14-13-18-23(3,10-8-19(26)27-18)16-7-9-22(2)15(20(14)16)5-6-17(22)28-21-24-11-4-12-25-21/h4,8,10-12,14-18,20H,5-7,9,13H2,1-3H3/t14-,15-,16-,17-,18+,20-,22-,23+/m0/s1. The van der Waals surface area contributed by atoms with Crippen molar-refractivity contribution in [3.05, 3.63) is 30.6 Å². The highest BCUT2D eigenvalue weighted by Gasteiger charge is 2.62. The van der Waals surface area contributed by atoms with Crippen LogP contribution in [-0.2, 0) is 9.53 Å². The average Bonchev–Trinajstić information content (AvgIpc) is 3.00. The minimum Gasteiger partial charge on any atom is -0.460 e.